The van der Waals surface area contributed by atoms with E-state index < -0.39 is 82.7 Å². The molecule has 5 aromatic carbocycles. The van der Waals surface area contributed by atoms with Crippen molar-refractivity contribution in [2.75, 3.05) is 27.2 Å². The van der Waals surface area contributed by atoms with E-state index >= 15 is 0 Å². The fourth-order valence-electron chi connectivity index (χ4n) is 10.4. The average Bonchev–Trinajstić information content (AvgIpc) is 4.05. The molecule has 7 rings (SSSR count). The first-order valence-corrected chi connectivity index (χ1v) is 27.0. The molecule has 0 bridgehead atoms. The Balaban J connectivity index is 1.05. The van der Waals surface area contributed by atoms with E-state index in [0.717, 1.165) is 32.7 Å². The number of fused-ring (bicyclic) bond motifs is 2. The van der Waals surface area contributed by atoms with Crippen LogP contribution in [0.1, 0.15) is 106 Å². The number of hydrogen-bond acceptors (Lipinski definition) is 10. The van der Waals surface area contributed by atoms with Gasteiger partial charge in [0.05, 0.1) is 12.1 Å². The summed E-state index contributed by atoms with van der Waals surface area (Å²) in [5.74, 6) is -3.51. The summed E-state index contributed by atoms with van der Waals surface area (Å²) in [5.41, 5.74) is 0.920. The number of benzene rings is 5. The number of hydrogen-bond donors (Lipinski definition) is 7. The SMILES string of the molecule is CN[C@@H](C)C(=O)N[C@H](C(=O)N1C[C@@H](CC(=O)c2ccc(C(=O)N[C@H]3C[C@@H](C(=O)NCc4cccc5ccccc45)N(C(=O)[C@@H](NC(=O)[C@H](C)NC)C(C)(C)C)C3)cc2)C[C@H]1C(=O)NCc1cccc2ccccc12)C(C)(C)C. The Hall–Kier alpha value is -7.50. The fraction of sp³-hybridized carbons (Fsp3) is 0.443. The number of nitrogens with one attached hydrogen (secondary N) is 7. The van der Waals surface area contributed by atoms with E-state index in [1.165, 1.54) is 9.80 Å². The molecule has 2 saturated heterocycles. The minimum absolute atomic E-state index is 0.00143. The molecule has 2 aliphatic heterocycles. The number of amides is 7. The van der Waals surface area contributed by atoms with Crippen molar-refractivity contribution in [3.63, 3.8) is 0 Å². The van der Waals surface area contributed by atoms with Gasteiger partial charge in [-0.3, -0.25) is 38.4 Å². The largest absolute Gasteiger partial charge is 0.350 e. The summed E-state index contributed by atoms with van der Waals surface area (Å²) in [6.07, 6.45) is 0.317. The van der Waals surface area contributed by atoms with Gasteiger partial charge >= 0.3 is 0 Å². The zero-order valence-electron chi connectivity index (χ0n) is 46.6. The molecule has 17 heteroatoms. The Morgan fingerprint density at radius 1 is 0.538 bits per heavy atom. The predicted octanol–water partition coefficient (Wildman–Crippen LogP) is 5.39. The molecule has 2 aliphatic rings. The van der Waals surface area contributed by atoms with Crippen LogP contribution in [0.25, 0.3) is 21.5 Å². The highest BCUT2D eigenvalue weighted by atomic mass is 16.2. The molecule has 0 aromatic heterocycles. The summed E-state index contributed by atoms with van der Waals surface area (Å²) in [6.45, 7) is 15.0. The number of Topliss-reactive ketones (excluding diaryl/α,β-unsaturated/α-hetero) is 1. The van der Waals surface area contributed by atoms with Gasteiger partial charge in [-0.2, -0.15) is 0 Å². The van der Waals surface area contributed by atoms with Crippen LogP contribution < -0.4 is 37.2 Å². The highest BCUT2D eigenvalue weighted by molar-refractivity contribution is 6.00. The van der Waals surface area contributed by atoms with E-state index in [4.69, 9.17) is 0 Å². The highest BCUT2D eigenvalue weighted by Gasteiger charge is 2.47. The lowest BCUT2D eigenvalue weighted by atomic mass is 9.85. The quantitative estimate of drug-likeness (QED) is 0.0522. The first kappa shape index (κ1) is 58.2. The maximum absolute atomic E-state index is 14.6. The van der Waals surface area contributed by atoms with Gasteiger partial charge < -0.3 is 47.0 Å². The van der Waals surface area contributed by atoms with Crippen LogP contribution in [-0.4, -0.2) is 126 Å². The second kappa shape index (κ2) is 24.9. The number of rotatable bonds is 19. The maximum Gasteiger partial charge on any atom is 0.251 e. The second-order valence-electron chi connectivity index (χ2n) is 23.1. The molecule has 0 radical (unpaired) electrons. The van der Waals surface area contributed by atoms with Crippen molar-refractivity contribution >= 4 is 68.7 Å². The van der Waals surface area contributed by atoms with E-state index in [0.29, 0.717) is 5.56 Å². The van der Waals surface area contributed by atoms with Crippen LogP contribution in [0.15, 0.2) is 109 Å². The minimum atomic E-state index is -0.995. The lowest BCUT2D eigenvalue weighted by Gasteiger charge is -2.36. The molecule has 7 N–H and O–H groups in total. The van der Waals surface area contributed by atoms with Crippen LogP contribution in [0.5, 0.6) is 0 Å². The number of nitrogens with zero attached hydrogens (tertiary/aromatic N) is 2. The Bertz CT molecular complexity index is 2830. The van der Waals surface area contributed by atoms with Gasteiger partial charge in [0.1, 0.15) is 24.2 Å². The molecular weight excluding hydrogens is 987 g/mol. The van der Waals surface area contributed by atoms with Crippen LogP contribution in [0.3, 0.4) is 0 Å². The molecule has 5 aromatic rings. The van der Waals surface area contributed by atoms with Gasteiger partial charge in [0, 0.05) is 49.8 Å². The summed E-state index contributed by atoms with van der Waals surface area (Å²) < 4.78 is 0. The van der Waals surface area contributed by atoms with Gasteiger partial charge in [0.15, 0.2) is 5.78 Å². The molecule has 0 unspecified atom stereocenters. The van der Waals surface area contributed by atoms with Crippen molar-refractivity contribution in [3.05, 3.63) is 131 Å². The molecular formula is C61H77N9O8. The van der Waals surface area contributed by atoms with Crippen molar-refractivity contribution in [3.8, 4) is 0 Å². The van der Waals surface area contributed by atoms with Gasteiger partial charge in [-0.05, 0) is 102 Å². The third-order valence-corrected chi connectivity index (χ3v) is 15.3. The van der Waals surface area contributed by atoms with Crippen molar-refractivity contribution in [2.45, 2.75) is 130 Å². The standard InChI is InChI=1S/C61H77N9O8/c1-36(62-9)53(72)67-51(60(3,4)5)58(77)69-34-38(29-48(69)56(75)64-32-43-21-15-19-39-17-11-13-23-46(39)43)30-50(71)41-25-27-42(28-26-41)55(74)66-45-31-49(57(76)65-33-44-22-16-20-40-18-12-14-24-47(40)44)70(35-45)59(78)52(61(6,7)8)68-54(73)37(2)63-10/h11-28,36-38,45,48-49,51-52,62-63H,29-35H2,1-10H3,(H,64,75)(H,65,76)(H,66,74)(H,67,72)(H,68,73)/t36-,37-,38+,45-,48-,49-,51+,52+/m0/s1. The van der Waals surface area contributed by atoms with Crippen molar-refractivity contribution in [1.82, 2.24) is 47.0 Å². The Labute approximate surface area is 457 Å². The van der Waals surface area contributed by atoms with Crippen LogP contribution in [0.4, 0.5) is 0 Å². The van der Waals surface area contributed by atoms with Gasteiger partial charge in [0.2, 0.25) is 35.4 Å². The third kappa shape index (κ3) is 13.8. The zero-order chi connectivity index (χ0) is 56.6. The van der Waals surface area contributed by atoms with Gasteiger partial charge in [0.25, 0.3) is 5.91 Å². The lowest BCUT2D eigenvalue weighted by molar-refractivity contribution is -0.144. The van der Waals surface area contributed by atoms with Crippen molar-refractivity contribution < 1.29 is 38.4 Å². The van der Waals surface area contributed by atoms with E-state index in [-0.39, 0.29) is 74.5 Å². The lowest BCUT2D eigenvalue weighted by Crippen LogP contribution is -2.59. The molecule has 8 atom stereocenters. The van der Waals surface area contributed by atoms with Gasteiger partial charge in [-0.15, -0.1) is 0 Å². The summed E-state index contributed by atoms with van der Waals surface area (Å²) in [5, 5.41) is 24.8. The highest BCUT2D eigenvalue weighted by Crippen LogP contribution is 2.32. The summed E-state index contributed by atoms with van der Waals surface area (Å²) in [4.78, 5) is 115. The molecule has 7 amide bonds. The number of carbonyl (C=O) groups is 8. The van der Waals surface area contributed by atoms with Gasteiger partial charge in [-0.25, -0.2) is 0 Å². The maximum atomic E-state index is 14.6. The topological polar surface area (TPSA) is 227 Å². The van der Waals surface area contributed by atoms with Crippen molar-refractivity contribution in [2.24, 2.45) is 16.7 Å². The number of ketones is 1. The summed E-state index contributed by atoms with van der Waals surface area (Å²) in [6, 6.07) is 28.0. The Morgan fingerprint density at radius 2 is 0.962 bits per heavy atom. The number of carbonyl (C=O) groups excluding carboxylic acids is 8. The number of likely N-dealkylation sites (N-methyl/N-ethyl adjacent to an activating group) is 2. The number of likely N-dealkylation sites (tertiary alicyclic amines) is 2. The first-order valence-electron chi connectivity index (χ1n) is 27.0. The van der Waals surface area contributed by atoms with E-state index in [1.807, 2.05) is 126 Å². The van der Waals surface area contributed by atoms with Crippen LogP contribution in [0.2, 0.25) is 0 Å². The average molecular weight is 1060 g/mol. The third-order valence-electron chi connectivity index (χ3n) is 15.3. The van der Waals surface area contributed by atoms with Crippen molar-refractivity contribution in [1.29, 1.82) is 0 Å². The van der Waals surface area contributed by atoms with E-state index in [2.05, 4.69) is 37.2 Å². The van der Waals surface area contributed by atoms with Crippen LogP contribution in [-0.2, 0) is 41.9 Å². The first-order chi connectivity index (χ1) is 37.0. The van der Waals surface area contributed by atoms with Gasteiger partial charge in [-0.1, -0.05) is 139 Å². The zero-order valence-corrected chi connectivity index (χ0v) is 46.6. The predicted molar refractivity (Wildman–Crippen MR) is 302 cm³/mol. The summed E-state index contributed by atoms with van der Waals surface area (Å²) >= 11 is 0. The molecule has 0 saturated carbocycles. The Morgan fingerprint density at radius 3 is 1.42 bits per heavy atom. The smallest absolute Gasteiger partial charge is 0.251 e. The molecule has 414 valence electrons. The van der Waals surface area contributed by atoms with E-state index in [9.17, 15) is 38.4 Å². The van der Waals surface area contributed by atoms with Crippen LogP contribution >= 0.6 is 0 Å². The molecule has 2 heterocycles. The molecule has 0 aliphatic carbocycles. The molecule has 0 spiro atoms. The molecule has 17 nitrogen and oxygen atoms in total. The second-order valence-corrected chi connectivity index (χ2v) is 23.1. The molecule has 78 heavy (non-hydrogen) atoms. The Kier molecular flexibility index (Phi) is 18.6. The fourth-order valence-corrected chi connectivity index (χ4v) is 10.4. The minimum Gasteiger partial charge on any atom is -0.350 e. The summed E-state index contributed by atoms with van der Waals surface area (Å²) in [7, 11) is 3.30. The monoisotopic (exact) mass is 1060 g/mol. The van der Waals surface area contributed by atoms with E-state index in [1.54, 1.807) is 52.2 Å². The normalized spacial score (nSPS) is 19.1. The molecule has 2 fully saturated rings. The van der Waals surface area contributed by atoms with Crippen LogP contribution in [0, 0.1) is 16.7 Å².